The summed E-state index contributed by atoms with van der Waals surface area (Å²) in [4.78, 5) is 38.5. The van der Waals surface area contributed by atoms with Crippen molar-refractivity contribution >= 4 is 51.4 Å². The Balaban J connectivity index is 1.93. The van der Waals surface area contributed by atoms with Crippen molar-refractivity contribution in [3.63, 3.8) is 0 Å². The molecular formula is C23H21ClN2O5S. The Hall–Kier alpha value is -3.36. The first-order valence-electron chi connectivity index (χ1n) is 9.66. The van der Waals surface area contributed by atoms with Crippen LogP contribution in [-0.4, -0.2) is 31.5 Å². The molecule has 0 radical (unpaired) electrons. The summed E-state index contributed by atoms with van der Waals surface area (Å²) in [7, 11) is 1.53. The van der Waals surface area contributed by atoms with Crippen LogP contribution in [0.5, 0.6) is 5.75 Å². The van der Waals surface area contributed by atoms with Crippen LogP contribution in [0.3, 0.4) is 0 Å². The van der Waals surface area contributed by atoms with Crippen LogP contribution in [0.1, 0.15) is 42.9 Å². The van der Waals surface area contributed by atoms with Gasteiger partial charge in [0.1, 0.15) is 10.8 Å². The molecule has 2 N–H and O–H groups in total. The lowest BCUT2D eigenvalue weighted by Crippen LogP contribution is -2.15. The van der Waals surface area contributed by atoms with Crippen molar-refractivity contribution in [1.29, 1.82) is 0 Å². The van der Waals surface area contributed by atoms with E-state index in [0.29, 0.717) is 27.6 Å². The van der Waals surface area contributed by atoms with Gasteiger partial charge in [0.25, 0.3) is 11.8 Å². The number of halogens is 1. The molecule has 0 saturated carbocycles. The number of esters is 1. The second-order valence-electron chi connectivity index (χ2n) is 6.63. The van der Waals surface area contributed by atoms with Crippen molar-refractivity contribution in [2.75, 3.05) is 24.4 Å². The van der Waals surface area contributed by atoms with Gasteiger partial charge in [0.2, 0.25) is 0 Å². The third kappa shape index (κ3) is 5.27. The fourth-order valence-electron chi connectivity index (χ4n) is 2.93. The Morgan fingerprint density at radius 1 is 1.03 bits per heavy atom. The molecule has 0 spiro atoms. The number of thiophene rings is 1. The van der Waals surface area contributed by atoms with Crippen LogP contribution in [0.15, 0.2) is 48.5 Å². The molecule has 0 unspecified atom stereocenters. The maximum Gasteiger partial charge on any atom is 0.341 e. The largest absolute Gasteiger partial charge is 0.497 e. The number of carbonyl (C=O) groups excluding carboxylic acids is 3. The zero-order valence-electron chi connectivity index (χ0n) is 17.7. The van der Waals surface area contributed by atoms with Gasteiger partial charge in [-0.15, -0.1) is 11.3 Å². The average Bonchev–Trinajstić information content (AvgIpc) is 3.10. The minimum absolute atomic E-state index is 0.148. The van der Waals surface area contributed by atoms with Gasteiger partial charge in [0.05, 0.1) is 24.2 Å². The maximum absolute atomic E-state index is 13.0. The van der Waals surface area contributed by atoms with Crippen molar-refractivity contribution < 1.29 is 23.9 Å². The molecule has 3 aromatic rings. The normalized spacial score (nSPS) is 10.4. The molecule has 3 rings (SSSR count). The fourth-order valence-corrected chi connectivity index (χ4v) is 4.14. The van der Waals surface area contributed by atoms with Gasteiger partial charge in [-0.25, -0.2) is 4.79 Å². The number of carbonyl (C=O) groups is 3. The van der Waals surface area contributed by atoms with Crippen LogP contribution in [0, 0.1) is 6.92 Å². The summed E-state index contributed by atoms with van der Waals surface area (Å²) in [6, 6.07) is 13.2. The van der Waals surface area contributed by atoms with Crippen LogP contribution in [0.25, 0.3) is 0 Å². The number of hydrogen-bond acceptors (Lipinski definition) is 6. The highest BCUT2D eigenvalue weighted by molar-refractivity contribution is 7.19. The molecule has 2 aromatic carbocycles. The van der Waals surface area contributed by atoms with E-state index in [1.165, 1.54) is 7.11 Å². The highest BCUT2D eigenvalue weighted by Crippen LogP contribution is 2.35. The molecule has 7 nitrogen and oxygen atoms in total. The molecule has 32 heavy (non-hydrogen) atoms. The summed E-state index contributed by atoms with van der Waals surface area (Å²) in [5.41, 5.74) is 1.46. The fraction of sp³-hybridized carbons (Fsp3) is 0.174. The molecule has 0 aliphatic rings. The second kappa shape index (κ2) is 10.3. The van der Waals surface area contributed by atoms with Gasteiger partial charge in [-0.05, 0) is 55.8 Å². The highest BCUT2D eigenvalue weighted by atomic mass is 35.5. The standard InChI is InChI=1S/C23H21ClN2O5S/c1-4-31-23(29)18-13(2)19(21(28)25-16-6-5-7-17(12-16)30-3)32-22(18)26-20(27)14-8-10-15(24)11-9-14/h5-12H,4H2,1-3H3,(H,25,28)(H,26,27). The van der Waals surface area contributed by atoms with E-state index in [4.69, 9.17) is 21.1 Å². The van der Waals surface area contributed by atoms with Gasteiger partial charge in [-0.1, -0.05) is 17.7 Å². The molecule has 166 valence electrons. The topological polar surface area (TPSA) is 93.7 Å². The summed E-state index contributed by atoms with van der Waals surface area (Å²) < 4.78 is 10.3. The Morgan fingerprint density at radius 3 is 2.41 bits per heavy atom. The summed E-state index contributed by atoms with van der Waals surface area (Å²) in [6.07, 6.45) is 0. The number of benzene rings is 2. The van der Waals surface area contributed by atoms with Gasteiger partial charge < -0.3 is 20.1 Å². The summed E-state index contributed by atoms with van der Waals surface area (Å²) >= 11 is 6.88. The van der Waals surface area contributed by atoms with Crippen molar-refractivity contribution in [2.45, 2.75) is 13.8 Å². The van der Waals surface area contributed by atoms with E-state index in [1.54, 1.807) is 62.4 Å². The maximum atomic E-state index is 13.0. The van der Waals surface area contributed by atoms with E-state index in [9.17, 15) is 14.4 Å². The first-order valence-corrected chi connectivity index (χ1v) is 10.9. The van der Waals surface area contributed by atoms with E-state index in [2.05, 4.69) is 10.6 Å². The minimum atomic E-state index is -0.618. The van der Waals surface area contributed by atoms with Gasteiger partial charge in [-0.2, -0.15) is 0 Å². The number of amides is 2. The van der Waals surface area contributed by atoms with Crippen LogP contribution in [-0.2, 0) is 4.74 Å². The van der Waals surface area contributed by atoms with Crippen molar-refractivity contribution in [1.82, 2.24) is 0 Å². The number of anilines is 2. The molecular weight excluding hydrogens is 452 g/mol. The van der Waals surface area contributed by atoms with Crippen LogP contribution >= 0.6 is 22.9 Å². The summed E-state index contributed by atoms with van der Waals surface area (Å²) in [5.74, 6) is -0.881. The SMILES string of the molecule is CCOC(=O)c1c(NC(=O)c2ccc(Cl)cc2)sc(C(=O)Nc2cccc(OC)c2)c1C. The van der Waals surface area contributed by atoms with Crippen molar-refractivity contribution in [3.8, 4) is 5.75 Å². The Bertz CT molecular complexity index is 1160. The lowest BCUT2D eigenvalue weighted by molar-refractivity contribution is 0.0527. The first kappa shape index (κ1) is 23.3. The van der Waals surface area contributed by atoms with E-state index in [1.807, 2.05) is 0 Å². The monoisotopic (exact) mass is 472 g/mol. The number of rotatable bonds is 7. The van der Waals surface area contributed by atoms with E-state index in [0.717, 1.165) is 11.3 Å². The third-order valence-electron chi connectivity index (χ3n) is 4.49. The lowest BCUT2D eigenvalue weighted by atomic mass is 10.1. The van der Waals surface area contributed by atoms with Gasteiger partial charge in [0, 0.05) is 22.3 Å². The van der Waals surface area contributed by atoms with Gasteiger partial charge in [-0.3, -0.25) is 9.59 Å². The number of methoxy groups -OCH3 is 1. The molecule has 0 aliphatic heterocycles. The van der Waals surface area contributed by atoms with E-state index < -0.39 is 17.8 Å². The summed E-state index contributed by atoms with van der Waals surface area (Å²) in [6.45, 7) is 3.48. The van der Waals surface area contributed by atoms with Crippen molar-refractivity contribution in [2.24, 2.45) is 0 Å². The Labute approximate surface area is 194 Å². The quantitative estimate of drug-likeness (QED) is 0.449. The third-order valence-corrected chi connectivity index (χ3v) is 5.95. The molecule has 1 heterocycles. The Morgan fingerprint density at radius 2 is 1.75 bits per heavy atom. The summed E-state index contributed by atoms with van der Waals surface area (Å²) in [5, 5.41) is 6.24. The van der Waals surface area contributed by atoms with Crippen molar-refractivity contribution in [3.05, 3.63) is 75.1 Å². The highest BCUT2D eigenvalue weighted by Gasteiger charge is 2.27. The van der Waals surface area contributed by atoms with Crippen LogP contribution < -0.4 is 15.4 Å². The molecule has 0 atom stereocenters. The number of ether oxygens (including phenoxy) is 2. The van der Waals surface area contributed by atoms with E-state index in [-0.39, 0.29) is 22.0 Å². The predicted molar refractivity (Wildman–Crippen MR) is 125 cm³/mol. The van der Waals surface area contributed by atoms with Crippen LogP contribution in [0.2, 0.25) is 5.02 Å². The van der Waals surface area contributed by atoms with E-state index >= 15 is 0 Å². The molecule has 9 heteroatoms. The smallest absolute Gasteiger partial charge is 0.341 e. The van der Waals surface area contributed by atoms with Gasteiger partial charge in [0.15, 0.2) is 0 Å². The molecule has 0 fully saturated rings. The second-order valence-corrected chi connectivity index (χ2v) is 8.08. The molecule has 0 saturated heterocycles. The Kier molecular flexibility index (Phi) is 7.50. The zero-order chi connectivity index (χ0) is 23.3. The number of hydrogen-bond donors (Lipinski definition) is 2. The predicted octanol–water partition coefficient (Wildman–Crippen LogP) is 5.40. The molecule has 0 bridgehead atoms. The number of nitrogens with one attached hydrogen (secondary N) is 2. The van der Waals surface area contributed by atoms with Gasteiger partial charge >= 0.3 is 5.97 Å². The first-order chi connectivity index (χ1) is 15.3. The zero-order valence-corrected chi connectivity index (χ0v) is 19.2. The minimum Gasteiger partial charge on any atom is -0.497 e. The average molecular weight is 473 g/mol. The molecule has 0 aliphatic carbocycles. The molecule has 2 amide bonds. The molecule has 1 aromatic heterocycles. The lowest BCUT2D eigenvalue weighted by Gasteiger charge is -2.07. The van der Waals surface area contributed by atoms with Crippen LogP contribution in [0.4, 0.5) is 10.7 Å².